The lowest BCUT2D eigenvalue weighted by Gasteiger charge is -2.33. The molecule has 1 saturated heterocycles. The summed E-state index contributed by atoms with van der Waals surface area (Å²) in [7, 11) is 0. The fourth-order valence-electron chi connectivity index (χ4n) is 3.58. The van der Waals surface area contributed by atoms with Gasteiger partial charge in [0.05, 0.1) is 18.5 Å². The van der Waals surface area contributed by atoms with Gasteiger partial charge in [0, 0.05) is 6.04 Å². The molecule has 0 aromatic heterocycles. The molecule has 5 heteroatoms. The van der Waals surface area contributed by atoms with Crippen molar-refractivity contribution in [2.45, 2.75) is 52.1 Å². The van der Waals surface area contributed by atoms with Gasteiger partial charge in [0.2, 0.25) is 11.8 Å². The monoisotopic (exact) mass is 378 g/mol. The molecule has 2 atom stereocenters. The predicted molar refractivity (Wildman–Crippen MR) is 109 cm³/mol. The van der Waals surface area contributed by atoms with Crippen LogP contribution in [-0.4, -0.2) is 34.7 Å². The molecule has 1 aliphatic heterocycles. The second-order valence-electron chi connectivity index (χ2n) is 7.34. The van der Waals surface area contributed by atoms with Crippen LogP contribution >= 0.6 is 0 Å². The van der Waals surface area contributed by atoms with E-state index in [1.54, 1.807) is 17.0 Å². The number of amides is 3. The molecule has 0 bridgehead atoms. The van der Waals surface area contributed by atoms with Crippen LogP contribution in [0.2, 0.25) is 0 Å². The minimum absolute atomic E-state index is 0.0254. The van der Waals surface area contributed by atoms with Gasteiger partial charge in [0.15, 0.2) is 0 Å². The van der Waals surface area contributed by atoms with Gasteiger partial charge in [-0.1, -0.05) is 55.0 Å². The minimum atomic E-state index is -0.750. The van der Waals surface area contributed by atoms with E-state index < -0.39 is 6.04 Å². The van der Waals surface area contributed by atoms with Crippen LogP contribution in [-0.2, 0) is 20.8 Å². The van der Waals surface area contributed by atoms with E-state index in [0.717, 1.165) is 11.1 Å². The van der Waals surface area contributed by atoms with E-state index in [1.165, 1.54) is 4.90 Å². The number of rotatable bonds is 6. The zero-order valence-electron chi connectivity index (χ0n) is 16.6. The average molecular weight is 378 g/mol. The molecular weight excluding hydrogens is 352 g/mol. The zero-order chi connectivity index (χ0) is 20.3. The molecule has 2 aromatic rings. The summed E-state index contributed by atoms with van der Waals surface area (Å²) >= 11 is 0. The summed E-state index contributed by atoms with van der Waals surface area (Å²) in [6.07, 6.45) is 0.953. The third kappa shape index (κ3) is 3.98. The quantitative estimate of drug-likeness (QED) is 0.723. The van der Waals surface area contributed by atoms with Crippen molar-refractivity contribution < 1.29 is 14.4 Å². The van der Waals surface area contributed by atoms with Crippen molar-refractivity contribution >= 4 is 23.4 Å². The largest absolute Gasteiger partial charge is 0.327 e. The molecule has 28 heavy (non-hydrogen) atoms. The van der Waals surface area contributed by atoms with E-state index in [0.29, 0.717) is 12.1 Å². The summed E-state index contributed by atoms with van der Waals surface area (Å²) in [6, 6.07) is 15.9. The van der Waals surface area contributed by atoms with Gasteiger partial charge in [-0.25, -0.2) is 4.90 Å². The lowest BCUT2D eigenvalue weighted by atomic mass is 10.1. The molecule has 0 spiro atoms. The molecule has 1 heterocycles. The SMILES string of the molecule is CCC(C)N(C(=O)Cc1ccccc1)C1CC(=O)N(c2ccc(C)cc2)C1=O. The predicted octanol–water partition coefficient (Wildman–Crippen LogP) is 3.50. The van der Waals surface area contributed by atoms with E-state index >= 15 is 0 Å². The van der Waals surface area contributed by atoms with Gasteiger partial charge in [-0.05, 0) is 38.0 Å². The summed E-state index contributed by atoms with van der Waals surface area (Å²) in [6.45, 7) is 5.86. The molecule has 146 valence electrons. The van der Waals surface area contributed by atoms with Crippen molar-refractivity contribution in [1.82, 2.24) is 4.90 Å². The smallest absolute Gasteiger partial charge is 0.257 e. The van der Waals surface area contributed by atoms with Crippen molar-refractivity contribution in [3.63, 3.8) is 0 Å². The number of nitrogens with zero attached hydrogens (tertiary/aromatic N) is 2. The Kier molecular flexibility index (Phi) is 5.93. The lowest BCUT2D eigenvalue weighted by Crippen LogP contribution is -2.50. The number of imide groups is 1. The second-order valence-corrected chi connectivity index (χ2v) is 7.34. The van der Waals surface area contributed by atoms with Gasteiger partial charge in [0.1, 0.15) is 6.04 Å². The van der Waals surface area contributed by atoms with Crippen LogP contribution in [0.5, 0.6) is 0 Å². The zero-order valence-corrected chi connectivity index (χ0v) is 16.6. The first-order valence-electron chi connectivity index (χ1n) is 9.71. The standard InChI is InChI=1S/C23H26N2O3/c1-4-17(3)24(21(26)14-18-8-6-5-7-9-18)20-15-22(27)25(23(20)28)19-12-10-16(2)11-13-19/h5-13,17,20H,4,14-15H2,1-3H3. The Bertz CT molecular complexity index is 861. The van der Waals surface area contributed by atoms with E-state index in [1.807, 2.05) is 63.2 Å². The first kappa shape index (κ1) is 19.8. The fraction of sp³-hybridized carbons (Fsp3) is 0.348. The molecule has 3 rings (SSSR count). The first-order chi connectivity index (χ1) is 13.4. The van der Waals surface area contributed by atoms with Gasteiger partial charge >= 0.3 is 0 Å². The van der Waals surface area contributed by atoms with Crippen LogP contribution in [0.15, 0.2) is 54.6 Å². The Hall–Kier alpha value is -2.95. The third-order valence-corrected chi connectivity index (χ3v) is 5.30. The molecule has 2 aromatic carbocycles. The van der Waals surface area contributed by atoms with Gasteiger partial charge in [-0.3, -0.25) is 14.4 Å². The van der Waals surface area contributed by atoms with Crippen molar-refractivity contribution in [2.24, 2.45) is 0 Å². The maximum Gasteiger partial charge on any atom is 0.257 e. The van der Waals surface area contributed by atoms with Crippen LogP contribution < -0.4 is 4.90 Å². The van der Waals surface area contributed by atoms with E-state index in [9.17, 15) is 14.4 Å². The van der Waals surface area contributed by atoms with Crippen molar-refractivity contribution in [1.29, 1.82) is 0 Å². The van der Waals surface area contributed by atoms with Gasteiger partial charge in [0.25, 0.3) is 5.91 Å². The minimum Gasteiger partial charge on any atom is -0.327 e. The average Bonchev–Trinajstić information content (AvgIpc) is 2.97. The molecular formula is C23H26N2O3. The Morgan fingerprint density at radius 1 is 1.11 bits per heavy atom. The van der Waals surface area contributed by atoms with Crippen LogP contribution in [0.25, 0.3) is 0 Å². The van der Waals surface area contributed by atoms with Crippen molar-refractivity contribution in [2.75, 3.05) is 4.90 Å². The van der Waals surface area contributed by atoms with Crippen LogP contribution in [0.1, 0.15) is 37.8 Å². The second kappa shape index (κ2) is 8.38. The van der Waals surface area contributed by atoms with Gasteiger partial charge in [-0.2, -0.15) is 0 Å². The molecule has 5 nitrogen and oxygen atoms in total. The topological polar surface area (TPSA) is 57.7 Å². The van der Waals surface area contributed by atoms with Gasteiger partial charge < -0.3 is 4.90 Å². The highest BCUT2D eigenvalue weighted by atomic mass is 16.2. The first-order valence-corrected chi connectivity index (χ1v) is 9.71. The fourth-order valence-corrected chi connectivity index (χ4v) is 3.58. The van der Waals surface area contributed by atoms with E-state index in [4.69, 9.17) is 0 Å². The van der Waals surface area contributed by atoms with Crippen LogP contribution in [0, 0.1) is 6.92 Å². The molecule has 2 unspecified atom stereocenters. The summed E-state index contributed by atoms with van der Waals surface area (Å²) < 4.78 is 0. The summed E-state index contributed by atoms with van der Waals surface area (Å²) in [5, 5.41) is 0. The summed E-state index contributed by atoms with van der Waals surface area (Å²) in [4.78, 5) is 41.7. The number of carbonyl (C=O) groups excluding carboxylic acids is 3. The molecule has 3 amide bonds. The van der Waals surface area contributed by atoms with E-state index in [-0.39, 0.29) is 36.6 Å². The maximum atomic E-state index is 13.1. The molecule has 1 aliphatic rings. The molecule has 0 saturated carbocycles. The lowest BCUT2D eigenvalue weighted by molar-refractivity contribution is -0.140. The summed E-state index contributed by atoms with van der Waals surface area (Å²) in [5.41, 5.74) is 2.51. The molecule has 0 radical (unpaired) electrons. The molecule has 0 aliphatic carbocycles. The Balaban J connectivity index is 1.86. The Morgan fingerprint density at radius 3 is 2.36 bits per heavy atom. The molecule has 0 N–H and O–H groups in total. The van der Waals surface area contributed by atoms with E-state index in [2.05, 4.69) is 0 Å². The maximum absolute atomic E-state index is 13.1. The van der Waals surface area contributed by atoms with Crippen molar-refractivity contribution in [3.8, 4) is 0 Å². The van der Waals surface area contributed by atoms with Gasteiger partial charge in [-0.15, -0.1) is 0 Å². The number of hydrogen-bond donors (Lipinski definition) is 0. The highest BCUT2D eigenvalue weighted by Crippen LogP contribution is 2.28. The summed E-state index contributed by atoms with van der Waals surface area (Å²) in [5.74, 6) is -0.715. The Labute approximate surface area is 166 Å². The van der Waals surface area contributed by atoms with Crippen LogP contribution in [0.4, 0.5) is 5.69 Å². The highest BCUT2D eigenvalue weighted by molar-refractivity contribution is 6.23. The number of benzene rings is 2. The molecule has 1 fully saturated rings. The van der Waals surface area contributed by atoms with Crippen LogP contribution in [0.3, 0.4) is 0 Å². The number of carbonyl (C=O) groups is 3. The number of aryl methyl sites for hydroxylation is 1. The number of hydrogen-bond acceptors (Lipinski definition) is 3. The van der Waals surface area contributed by atoms with Crippen molar-refractivity contribution in [3.05, 3.63) is 65.7 Å². The normalized spacial score (nSPS) is 17.7. The Morgan fingerprint density at radius 2 is 1.75 bits per heavy atom. The highest BCUT2D eigenvalue weighted by Gasteiger charge is 2.45. The number of anilines is 1. The third-order valence-electron chi connectivity index (χ3n) is 5.30.